The normalized spacial score (nSPS) is 12.3. The van der Waals surface area contributed by atoms with Crippen molar-refractivity contribution in [3.05, 3.63) is 64.0 Å². The minimum atomic E-state index is -0.347. The summed E-state index contributed by atoms with van der Waals surface area (Å²) in [5.41, 5.74) is 2.03. The fraction of sp³-hybridized carbons (Fsp3) is 0.250. The van der Waals surface area contributed by atoms with E-state index in [-0.39, 0.29) is 17.5 Å². The van der Waals surface area contributed by atoms with Crippen LogP contribution >= 0.6 is 0 Å². The minimum absolute atomic E-state index is 0.162. The number of aryl methyl sites for hydroxylation is 1. The van der Waals surface area contributed by atoms with E-state index < -0.39 is 0 Å². The van der Waals surface area contributed by atoms with Crippen LogP contribution < -0.4 is 0 Å². The summed E-state index contributed by atoms with van der Waals surface area (Å²) in [6.07, 6.45) is 3.37. The summed E-state index contributed by atoms with van der Waals surface area (Å²) in [5, 5.41) is 14.8. The molecule has 1 atom stereocenters. The Labute approximate surface area is 98.8 Å². The molecule has 1 aromatic carbocycles. The van der Waals surface area contributed by atoms with Gasteiger partial charge in [-0.05, 0) is 18.6 Å². The Morgan fingerprint density at radius 3 is 2.65 bits per heavy atom. The number of nitrogens with zero attached hydrogens (tertiary/aromatic N) is 3. The largest absolute Gasteiger partial charge is 0.264 e. The van der Waals surface area contributed by atoms with Gasteiger partial charge in [0.05, 0.1) is 0 Å². The number of nitro groups is 1. The monoisotopic (exact) mass is 231 g/mol. The van der Waals surface area contributed by atoms with Gasteiger partial charge >= 0.3 is 0 Å². The van der Waals surface area contributed by atoms with Gasteiger partial charge in [-0.15, -0.1) is 0 Å². The van der Waals surface area contributed by atoms with E-state index in [9.17, 15) is 10.1 Å². The van der Waals surface area contributed by atoms with E-state index >= 15 is 0 Å². The molecule has 0 amide bonds. The van der Waals surface area contributed by atoms with Crippen molar-refractivity contribution in [1.82, 2.24) is 9.78 Å². The zero-order chi connectivity index (χ0) is 12.3. The molecule has 0 saturated carbocycles. The van der Waals surface area contributed by atoms with Crippen molar-refractivity contribution in [2.75, 3.05) is 6.54 Å². The lowest BCUT2D eigenvalue weighted by Crippen LogP contribution is -2.20. The molecule has 0 bridgehead atoms. The van der Waals surface area contributed by atoms with Gasteiger partial charge in [-0.1, -0.05) is 29.8 Å². The molecule has 0 aliphatic rings. The summed E-state index contributed by atoms with van der Waals surface area (Å²) < 4.78 is 1.62. The van der Waals surface area contributed by atoms with Crippen molar-refractivity contribution in [2.24, 2.45) is 0 Å². The van der Waals surface area contributed by atoms with E-state index in [2.05, 4.69) is 5.10 Å². The minimum Gasteiger partial charge on any atom is -0.264 e. The van der Waals surface area contributed by atoms with E-state index in [4.69, 9.17) is 0 Å². The Morgan fingerprint density at radius 2 is 2.12 bits per heavy atom. The van der Waals surface area contributed by atoms with E-state index in [0.29, 0.717) is 0 Å². The molecule has 5 heteroatoms. The quantitative estimate of drug-likeness (QED) is 0.597. The van der Waals surface area contributed by atoms with Crippen LogP contribution in [0.1, 0.15) is 17.2 Å². The van der Waals surface area contributed by atoms with Gasteiger partial charge in [-0.2, -0.15) is 5.10 Å². The van der Waals surface area contributed by atoms with E-state index in [1.165, 1.54) is 0 Å². The molecule has 0 aliphatic carbocycles. The predicted octanol–water partition coefficient (Wildman–Crippen LogP) is 2.06. The molecule has 0 spiro atoms. The first-order valence-corrected chi connectivity index (χ1v) is 5.34. The summed E-state index contributed by atoms with van der Waals surface area (Å²) >= 11 is 0. The Bertz CT molecular complexity index is 491. The molecule has 17 heavy (non-hydrogen) atoms. The lowest BCUT2D eigenvalue weighted by Gasteiger charge is -2.14. The van der Waals surface area contributed by atoms with Crippen LogP contribution in [0.4, 0.5) is 0 Å². The van der Waals surface area contributed by atoms with Crippen molar-refractivity contribution in [2.45, 2.75) is 13.0 Å². The fourth-order valence-electron chi connectivity index (χ4n) is 1.74. The summed E-state index contributed by atoms with van der Waals surface area (Å²) in [7, 11) is 0. The number of benzene rings is 1. The topological polar surface area (TPSA) is 61.0 Å². The van der Waals surface area contributed by atoms with Crippen molar-refractivity contribution in [1.29, 1.82) is 0 Å². The smallest absolute Gasteiger partial charge is 0.230 e. The van der Waals surface area contributed by atoms with Crippen molar-refractivity contribution in [3.63, 3.8) is 0 Å². The average Bonchev–Trinajstić information content (AvgIpc) is 2.80. The van der Waals surface area contributed by atoms with E-state index in [1.807, 2.05) is 31.2 Å². The number of hydrogen-bond donors (Lipinski definition) is 0. The van der Waals surface area contributed by atoms with Crippen LogP contribution in [0.25, 0.3) is 0 Å². The van der Waals surface area contributed by atoms with Crippen molar-refractivity contribution >= 4 is 0 Å². The molecule has 2 rings (SSSR count). The summed E-state index contributed by atoms with van der Waals surface area (Å²) in [4.78, 5) is 10.4. The molecule has 0 aliphatic heterocycles. The first-order valence-electron chi connectivity index (χ1n) is 5.34. The van der Waals surface area contributed by atoms with E-state index in [0.717, 1.165) is 11.1 Å². The zero-order valence-corrected chi connectivity index (χ0v) is 9.48. The summed E-state index contributed by atoms with van der Waals surface area (Å²) in [6.45, 7) is 1.82. The Morgan fingerprint density at radius 1 is 1.41 bits per heavy atom. The molecule has 0 radical (unpaired) electrons. The van der Waals surface area contributed by atoms with Crippen LogP contribution in [-0.4, -0.2) is 21.2 Å². The Hall–Kier alpha value is -2.17. The second-order valence-electron chi connectivity index (χ2n) is 3.93. The van der Waals surface area contributed by atoms with Gasteiger partial charge in [0.15, 0.2) is 0 Å². The molecule has 0 saturated heterocycles. The maximum atomic E-state index is 10.7. The highest BCUT2D eigenvalue weighted by Gasteiger charge is 2.19. The summed E-state index contributed by atoms with van der Waals surface area (Å²) in [6, 6.07) is 9.13. The third-order valence-corrected chi connectivity index (χ3v) is 2.63. The van der Waals surface area contributed by atoms with Crippen LogP contribution in [0, 0.1) is 17.0 Å². The highest BCUT2D eigenvalue weighted by molar-refractivity contribution is 5.24. The maximum Gasteiger partial charge on any atom is 0.230 e. The van der Waals surface area contributed by atoms with Crippen LogP contribution in [0.3, 0.4) is 0 Å². The predicted molar refractivity (Wildman–Crippen MR) is 63.4 cm³/mol. The molecule has 1 heterocycles. The van der Waals surface area contributed by atoms with E-state index in [1.54, 1.807) is 23.1 Å². The number of hydrogen-bond acceptors (Lipinski definition) is 3. The molecule has 1 aromatic heterocycles. The molecule has 0 fully saturated rings. The van der Waals surface area contributed by atoms with Crippen LogP contribution in [0.15, 0.2) is 42.7 Å². The van der Waals surface area contributed by atoms with Crippen LogP contribution in [0.5, 0.6) is 0 Å². The number of rotatable bonds is 4. The standard InChI is InChI=1S/C12H13N3O2/c1-10-3-5-11(6-4-10)12(9-15(16)17)14-8-2-7-13-14/h2-8,12H,9H2,1H3. The Balaban J connectivity index is 2.33. The first kappa shape index (κ1) is 11.3. The molecule has 88 valence electrons. The van der Waals surface area contributed by atoms with Gasteiger partial charge in [-0.25, -0.2) is 0 Å². The molecule has 2 aromatic rings. The van der Waals surface area contributed by atoms with Gasteiger partial charge in [0.25, 0.3) is 0 Å². The fourth-order valence-corrected chi connectivity index (χ4v) is 1.74. The average molecular weight is 231 g/mol. The third-order valence-electron chi connectivity index (χ3n) is 2.63. The SMILES string of the molecule is Cc1ccc(C(C[N+](=O)[O-])n2cccn2)cc1. The second kappa shape index (κ2) is 4.78. The third kappa shape index (κ3) is 2.69. The molecule has 0 N–H and O–H groups in total. The highest BCUT2D eigenvalue weighted by atomic mass is 16.6. The van der Waals surface area contributed by atoms with Gasteiger partial charge < -0.3 is 0 Å². The molecular weight excluding hydrogens is 218 g/mol. The van der Waals surface area contributed by atoms with Crippen molar-refractivity contribution in [3.8, 4) is 0 Å². The maximum absolute atomic E-state index is 10.7. The Kier molecular flexibility index (Phi) is 3.18. The molecule has 1 unspecified atom stereocenters. The first-order chi connectivity index (χ1) is 8.16. The van der Waals surface area contributed by atoms with Crippen LogP contribution in [0.2, 0.25) is 0 Å². The molecule has 5 nitrogen and oxygen atoms in total. The van der Waals surface area contributed by atoms with Gasteiger partial charge in [0, 0.05) is 17.3 Å². The highest BCUT2D eigenvalue weighted by Crippen LogP contribution is 2.18. The molecular formula is C12H13N3O2. The van der Waals surface area contributed by atoms with Gasteiger partial charge in [0.2, 0.25) is 6.54 Å². The van der Waals surface area contributed by atoms with Crippen LogP contribution in [-0.2, 0) is 0 Å². The van der Waals surface area contributed by atoms with Gasteiger partial charge in [-0.3, -0.25) is 14.8 Å². The summed E-state index contributed by atoms with van der Waals surface area (Å²) in [5.74, 6) is 0. The van der Waals surface area contributed by atoms with Crippen molar-refractivity contribution < 1.29 is 4.92 Å². The lowest BCUT2D eigenvalue weighted by atomic mass is 10.1. The zero-order valence-electron chi connectivity index (χ0n) is 9.48. The lowest BCUT2D eigenvalue weighted by molar-refractivity contribution is -0.484. The second-order valence-corrected chi connectivity index (χ2v) is 3.93. The number of aromatic nitrogens is 2. The van der Waals surface area contributed by atoms with Gasteiger partial charge in [0.1, 0.15) is 6.04 Å².